The lowest BCUT2D eigenvalue weighted by atomic mass is 9.43. The number of para-hydroxylation sites is 2. The maximum Gasteiger partial charge on any atom is 0.482 e. The van der Waals surface area contributed by atoms with Gasteiger partial charge in [-0.15, -0.1) is 0 Å². The van der Waals surface area contributed by atoms with E-state index in [9.17, 15) is 29.2 Å². The zero-order chi connectivity index (χ0) is 52.6. The van der Waals surface area contributed by atoms with Crippen LogP contribution in [0, 0.1) is 23.2 Å². The predicted molar refractivity (Wildman–Crippen MR) is 276 cm³/mol. The molecular formula is C52H71B3N4O14. The van der Waals surface area contributed by atoms with Crippen molar-refractivity contribution in [3.8, 4) is 0 Å². The van der Waals surface area contributed by atoms with Crippen molar-refractivity contribution < 1.29 is 66.9 Å². The van der Waals surface area contributed by atoms with E-state index in [1.54, 1.807) is 16.1 Å². The summed E-state index contributed by atoms with van der Waals surface area (Å²) in [5, 5.41) is 43.3. The highest BCUT2D eigenvalue weighted by Crippen LogP contribution is 2.65. The summed E-state index contributed by atoms with van der Waals surface area (Å²) in [6.45, 7) is 19.7. The van der Waals surface area contributed by atoms with Crippen LogP contribution in [0.25, 0.3) is 21.9 Å². The average molecular weight is 1010 g/mol. The number of nitrogens with zero attached hydrogens (tertiary/aromatic N) is 2. The summed E-state index contributed by atoms with van der Waals surface area (Å²) in [4.78, 5) is 52.5. The molecule has 392 valence electrons. The number of benzene rings is 2. The molecular weight excluding hydrogens is 937 g/mol. The third-order valence-corrected chi connectivity index (χ3v) is 15.2. The molecule has 3 saturated carbocycles. The molecule has 2 bridgehead atoms. The minimum absolute atomic E-state index is 0.00232. The first kappa shape index (κ1) is 55.2. The molecule has 2 aromatic carbocycles. The van der Waals surface area contributed by atoms with Gasteiger partial charge in [0.2, 0.25) is 11.8 Å². The first-order valence-electron chi connectivity index (χ1n) is 25.5. The second kappa shape index (κ2) is 24.2. The van der Waals surface area contributed by atoms with Gasteiger partial charge in [0.05, 0.1) is 49.2 Å². The molecule has 2 aromatic heterocycles. The maximum absolute atomic E-state index is 13.2. The van der Waals surface area contributed by atoms with Crippen LogP contribution >= 0.6 is 0 Å². The number of ether oxygens (including phenoxy) is 2. The smallest absolute Gasteiger partial charge is 0.464 e. The van der Waals surface area contributed by atoms with E-state index in [1.807, 2.05) is 62.4 Å². The summed E-state index contributed by atoms with van der Waals surface area (Å²) in [6, 6.07) is 15.2. The Morgan fingerprint density at radius 1 is 0.795 bits per heavy atom. The van der Waals surface area contributed by atoms with Crippen molar-refractivity contribution in [3.05, 3.63) is 97.5 Å². The third-order valence-electron chi connectivity index (χ3n) is 15.2. The fourth-order valence-corrected chi connectivity index (χ4v) is 11.2. The minimum atomic E-state index is -1.77. The van der Waals surface area contributed by atoms with Crippen LogP contribution in [-0.4, -0.2) is 137 Å². The number of carbonyl (C=O) groups is 4. The molecule has 6 fully saturated rings. The number of furan rings is 2. The number of hydrogen-bond donors (Lipinski definition) is 6. The average Bonchev–Trinajstić information content (AvgIpc) is 4.07. The van der Waals surface area contributed by atoms with Crippen molar-refractivity contribution in [1.82, 2.24) is 20.4 Å². The van der Waals surface area contributed by atoms with Crippen LogP contribution in [0.4, 0.5) is 9.59 Å². The first-order valence-corrected chi connectivity index (χ1v) is 25.5. The van der Waals surface area contributed by atoms with Crippen LogP contribution in [0.1, 0.15) is 84.3 Å². The topological polar surface area (TPSA) is 243 Å². The lowest BCUT2D eigenvalue weighted by molar-refractivity contribution is -0.199. The number of alkyl carbamates (subject to hydrolysis) is 2. The van der Waals surface area contributed by atoms with Gasteiger partial charge in [0.1, 0.15) is 23.4 Å². The Balaban J connectivity index is 0.000000196. The van der Waals surface area contributed by atoms with Crippen LogP contribution in [0.15, 0.2) is 95.2 Å². The number of nitrogens with one attached hydrogen (secondary N) is 2. The van der Waals surface area contributed by atoms with Crippen LogP contribution in [-0.2, 0) is 41.2 Å². The molecule has 0 spiro atoms. The van der Waals surface area contributed by atoms with Crippen LogP contribution in [0.5, 0.6) is 0 Å². The van der Waals surface area contributed by atoms with Gasteiger partial charge < -0.3 is 68.1 Å². The molecule has 0 radical (unpaired) electrons. The van der Waals surface area contributed by atoms with E-state index in [0.29, 0.717) is 75.0 Å². The number of rotatable bonds is 14. The van der Waals surface area contributed by atoms with Crippen LogP contribution < -0.4 is 10.6 Å². The van der Waals surface area contributed by atoms with E-state index in [1.165, 1.54) is 18.4 Å². The van der Waals surface area contributed by atoms with E-state index in [-0.39, 0.29) is 48.0 Å². The zero-order valence-electron chi connectivity index (χ0n) is 42.7. The molecule has 4 aromatic rings. The summed E-state index contributed by atoms with van der Waals surface area (Å²) >= 11 is 0. The Morgan fingerprint density at radius 3 is 1.79 bits per heavy atom. The van der Waals surface area contributed by atoms with Gasteiger partial charge in [0.25, 0.3) is 0 Å². The first-order chi connectivity index (χ1) is 34.8. The highest BCUT2D eigenvalue weighted by atomic mass is 16.7. The number of likely N-dealkylation sites (tertiary alicyclic amines) is 2. The van der Waals surface area contributed by atoms with Crippen molar-refractivity contribution in [2.75, 3.05) is 26.2 Å². The largest absolute Gasteiger partial charge is 0.482 e. The molecule has 73 heavy (non-hydrogen) atoms. The van der Waals surface area contributed by atoms with Gasteiger partial charge in [-0.1, -0.05) is 77.3 Å². The van der Waals surface area contributed by atoms with E-state index in [2.05, 4.69) is 44.6 Å². The molecule has 4 amide bonds. The number of fused-ring (bicyclic) bond motifs is 2. The Labute approximate surface area is 428 Å². The van der Waals surface area contributed by atoms with Crippen molar-refractivity contribution in [2.24, 2.45) is 23.2 Å². The molecule has 10 rings (SSSR count). The zero-order valence-corrected chi connectivity index (χ0v) is 42.7. The van der Waals surface area contributed by atoms with Crippen LogP contribution in [0.2, 0.25) is 6.32 Å². The molecule has 21 heteroatoms. The lowest BCUT2D eigenvalue weighted by Crippen LogP contribution is -2.65. The Morgan fingerprint density at radius 2 is 1.32 bits per heavy atom. The third kappa shape index (κ3) is 13.4. The van der Waals surface area contributed by atoms with Crippen molar-refractivity contribution >= 4 is 67.3 Å². The SMILES string of the molecule is C=CC(=O)N1CCC[C@H](OC(=O)N[C@@H](Cc2coc3ccccc23)B(O)O)C1.C=CC(=O)N1CCC[C@H](OC(=O)N[C@@H](Cc2coc3ccccc23)B2O[C@@H]3C[C@@H]4C[C@@H](C4(C)C)[C@]3(C)O2)C1.CC(C)CB(O)O. The molecule has 3 aliphatic carbocycles. The normalized spacial score (nSPS) is 24.6. The Bertz CT molecular complexity index is 2550. The number of piperidine rings is 2. The molecule has 8 atom stereocenters. The molecule has 5 heterocycles. The summed E-state index contributed by atoms with van der Waals surface area (Å²) in [6.07, 6.45) is 9.76. The summed E-state index contributed by atoms with van der Waals surface area (Å²) in [5.41, 5.74) is 3.04. The van der Waals surface area contributed by atoms with Gasteiger partial charge in [0.15, 0.2) is 0 Å². The molecule has 6 aliphatic rings. The van der Waals surface area contributed by atoms with E-state index < -0.39 is 51.5 Å². The maximum atomic E-state index is 13.2. The molecule has 6 N–H and O–H groups in total. The minimum Gasteiger partial charge on any atom is -0.464 e. The standard InChI is InChI=1S/C29H37BN2O6.C19H23BN2O6.C4H11BO2/c1-5-26(33)32-12-8-9-20(16-32)36-27(34)31-25(13-18-17-35-22-11-7-6-10-21(18)22)30-37-24-15-19-14-23(28(19,2)3)29(24,4)38-30;1-2-18(23)22-9-5-6-14(11-22)28-19(24)21-17(20(25)26)10-13-12-27-16-8-4-3-7-15(13)16;1-4(2)3-5(6)7/h5-7,10-11,17,19-20,23-25H,1,8-9,12-16H2,2-4H3,(H,31,34);2-4,7-8,12,14,17,25-26H,1,5-6,9-11H2,(H,21,24);4,6-7H,3H2,1-2H3/t19-,20-,23-,24+,25-,29-;14-,17-;/m00./s1. The lowest BCUT2D eigenvalue weighted by Gasteiger charge is -2.64. The molecule has 18 nitrogen and oxygen atoms in total. The van der Waals surface area contributed by atoms with Gasteiger partial charge in [-0.3, -0.25) is 9.59 Å². The van der Waals surface area contributed by atoms with Gasteiger partial charge in [0, 0.05) is 23.9 Å². The van der Waals surface area contributed by atoms with E-state index >= 15 is 0 Å². The van der Waals surface area contributed by atoms with Gasteiger partial charge in [-0.2, -0.15) is 0 Å². The molecule has 3 aliphatic heterocycles. The van der Waals surface area contributed by atoms with Gasteiger partial charge in [-0.05, 0) is 123 Å². The highest BCUT2D eigenvalue weighted by Gasteiger charge is 2.68. The quantitative estimate of drug-likeness (QED) is 0.0638. The van der Waals surface area contributed by atoms with Gasteiger partial charge in [-0.25, -0.2) is 9.59 Å². The number of carbonyl (C=O) groups excluding carboxylic acids is 4. The number of amides is 4. The second-order valence-electron chi connectivity index (χ2n) is 21.1. The summed E-state index contributed by atoms with van der Waals surface area (Å²) < 4.78 is 35.7. The fraction of sp³-hybridized carbons (Fsp3) is 0.538. The summed E-state index contributed by atoms with van der Waals surface area (Å²) in [7, 11) is -3.50. The second-order valence-corrected chi connectivity index (χ2v) is 21.1. The van der Waals surface area contributed by atoms with E-state index in [0.717, 1.165) is 46.7 Å². The van der Waals surface area contributed by atoms with E-state index in [4.69, 9.17) is 37.7 Å². The number of hydrogen-bond acceptors (Lipinski definition) is 14. The van der Waals surface area contributed by atoms with Gasteiger partial charge >= 0.3 is 33.5 Å². The molecule has 0 unspecified atom stereocenters. The Kier molecular flexibility index (Phi) is 18.3. The Hall–Kier alpha value is -5.57. The highest BCUT2D eigenvalue weighted by molar-refractivity contribution is 6.48. The summed E-state index contributed by atoms with van der Waals surface area (Å²) in [5.74, 6) is -0.363. The fourth-order valence-electron chi connectivity index (χ4n) is 11.2. The predicted octanol–water partition coefficient (Wildman–Crippen LogP) is 5.89. The monoisotopic (exact) mass is 1010 g/mol. The van der Waals surface area contributed by atoms with Crippen molar-refractivity contribution in [2.45, 2.75) is 128 Å². The van der Waals surface area contributed by atoms with Crippen LogP contribution in [0.3, 0.4) is 0 Å². The van der Waals surface area contributed by atoms with Crippen molar-refractivity contribution in [1.29, 1.82) is 0 Å². The van der Waals surface area contributed by atoms with Crippen molar-refractivity contribution in [3.63, 3.8) is 0 Å². The molecule has 3 saturated heterocycles.